The van der Waals surface area contributed by atoms with Gasteiger partial charge in [-0.1, -0.05) is 6.07 Å². The predicted molar refractivity (Wildman–Crippen MR) is 124 cm³/mol. The number of likely N-dealkylation sites (N-methyl/N-ethyl adjacent to an activating group) is 1. The maximum Gasteiger partial charge on any atom is 0.282 e. The van der Waals surface area contributed by atoms with Crippen LogP contribution in [0.3, 0.4) is 0 Å². The SMILES string of the molecule is CN1CCN(S(=O)(=O)N2CCN(C(=O)c3ccc(NC(=O)c4cccs4)cc3)CC2)CC1. The largest absolute Gasteiger partial charge is 0.336 e. The fourth-order valence-electron chi connectivity index (χ4n) is 3.78. The minimum absolute atomic E-state index is 0.141. The van der Waals surface area contributed by atoms with Crippen LogP contribution in [-0.2, 0) is 10.2 Å². The van der Waals surface area contributed by atoms with Crippen LogP contribution in [0, 0.1) is 0 Å². The van der Waals surface area contributed by atoms with E-state index >= 15 is 0 Å². The molecule has 32 heavy (non-hydrogen) atoms. The average Bonchev–Trinajstić information content (AvgIpc) is 3.35. The quantitative estimate of drug-likeness (QED) is 0.700. The summed E-state index contributed by atoms with van der Waals surface area (Å²) in [6.07, 6.45) is 0. The Morgan fingerprint density at radius 2 is 1.47 bits per heavy atom. The average molecular weight is 478 g/mol. The maximum absolute atomic E-state index is 12.9. The molecule has 2 amide bonds. The number of hydrogen-bond acceptors (Lipinski definition) is 6. The Kier molecular flexibility index (Phi) is 6.91. The number of rotatable bonds is 5. The number of amides is 2. The smallest absolute Gasteiger partial charge is 0.282 e. The second-order valence-corrected chi connectivity index (χ2v) is 10.8. The lowest BCUT2D eigenvalue weighted by molar-refractivity contribution is 0.0692. The van der Waals surface area contributed by atoms with Crippen LogP contribution in [0.5, 0.6) is 0 Å². The van der Waals surface area contributed by atoms with Crippen molar-refractivity contribution in [1.29, 1.82) is 0 Å². The van der Waals surface area contributed by atoms with Gasteiger partial charge in [0.1, 0.15) is 0 Å². The van der Waals surface area contributed by atoms with Gasteiger partial charge in [-0.3, -0.25) is 9.59 Å². The molecule has 4 rings (SSSR count). The number of anilines is 1. The molecule has 3 heterocycles. The van der Waals surface area contributed by atoms with Gasteiger partial charge < -0.3 is 15.1 Å². The molecule has 2 saturated heterocycles. The van der Waals surface area contributed by atoms with Crippen molar-refractivity contribution in [3.8, 4) is 0 Å². The predicted octanol–water partition coefficient (Wildman–Crippen LogP) is 1.25. The normalized spacial score (nSPS) is 19.1. The highest BCUT2D eigenvalue weighted by molar-refractivity contribution is 7.86. The standard InChI is InChI=1S/C21H27N5O4S2/c1-23-8-12-25(13-9-23)32(29,30)26-14-10-24(11-15-26)21(28)17-4-6-18(7-5-17)22-20(27)19-3-2-16-31-19/h2-7,16H,8-15H2,1H3,(H,22,27). The first-order chi connectivity index (χ1) is 15.3. The van der Waals surface area contributed by atoms with Gasteiger partial charge in [-0.05, 0) is 42.8 Å². The molecule has 11 heteroatoms. The first-order valence-electron chi connectivity index (χ1n) is 10.5. The Labute approximate surface area is 192 Å². The number of hydrogen-bond donors (Lipinski definition) is 1. The third-order valence-corrected chi connectivity index (χ3v) is 8.68. The third-order valence-electron chi connectivity index (χ3n) is 5.78. The second kappa shape index (κ2) is 9.67. The molecule has 0 aliphatic carbocycles. The lowest BCUT2D eigenvalue weighted by Gasteiger charge is -2.39. The van der Waals surface area contributed by atoms with Gasteiger partial charge in [-0.2, -0.15) is 17.0 Å². The zero-order valence-electron chi connectivity index (χ0n) is 17.9. The molecule has 0 bridgehead atoms. The van der Waals surface area contributed by atoms with E-state index in [-0.39, 0.29) is 24.9 Å². The molecule has 2 fully saturated rings. The van der Waals surface area contributed by atoms with Gasteiger partial charge in [0.15, 0.2) is 0 Å². The van der Waals surface area contributed by atoms with Crippen molar-refractivity contribution in [1.82, 2.24) is 18.4 Å². The van der Waals surface area contributed by atoms with E-state index in [9.17, 15) is 18.0 Å². The maximum atomic E-state index is 12.9. The Bertz CT molecular complexity index is 1040. The monoisotopic (exact) mass is 477 g/mol. The number of thiophene rings is 1. The Balaban J connectivity index is 1.32. The Morgan fingerprint density at radius 3 is 2.03 bits per heavy atom. The van der Waals surface area contributed by atoms with Crippen LogP contribution >= 0.6 is 11.3 Å². The molecule has 1 N–H and O–H groups in total. The van der Waals surface area contributed by atoms with Crippen molar-refractivity contribution in [3.05, 3.63) is 52.2 Å². The van der Waals surface area contributed by atoms with E-state index in [0.717, 1.165) is 13.1 Å². The van der Waals surface area contributed by atoms with E-state index < -0.39 is 10.2 Å². The molecule has 0 atom stereocenters. The van der Waals surface area contributed by atoms with E-state index in [2.05, 4.69) is 10.2 Å². The highest BCUT2D eigenvalue weighted by atomic mass is 32.2. The van der Waals surface area contributed by atoms with Gasteiger partial charge in [0.05, 0.1) is 4.88 Å². The summed E-state index contributed by atoms with van der Waals surface area (Å²) in [4.78, 5) is 29.4. The van der Waals surface area contributed by atoms with Gasteiger partial charge in [-0.15, -0.1) is 11.3 Å². The third kappa shape index (κ3) is 5.02. The molecule has 2 aliphatic heterocycles. The van der Waals surface area contributed by atoms with Gasteiger partial charge >= 0.3 is 0 Å². The molecule has 0 unspecified atom stereocenters. The molecule has 2 aromatic rings. The topological polar surface area (TPSA) is 93.3 Å². The fraction of sp³-hybridized carbons (Fsp3) is 0.429. The van der Waals surface area contributed by atoms with E-state index in [1.165, 1.54) is 19.9 Å². The molecule has 0 saturated carbocycles. The molecule has 1 aromatic heterocycles. The second-order valence-electron chi connectivity index (χ2n) is 7.91. The zero-order valence-corrected chi connectivity index (χ0v) is 19.6. The summed E-state index contributed by atoms with van der Waals surface area (Å²) in [6, 6.07) is 10.3. The minimum Gasteiger partial charge on any atom is -0.336 e. The van der Waals surface area contributed by atoms with Crippen LogP contribution in [0.25, 0.3) is 0 Å². The molecule has 172 valence electrons. The lowest BCUT2D eigenvalue weighted by atomic mass is 10.1. The van der Waals surface area contributed by atoms with Crippen LogP contribution < -0.4 is 5.32 Å². The first kappa shape index (κ1) is 22.9. The zero-order chi connectivity index (χ0) is 22.7. The number of nitrogens with one attached hydrogen (secondary N) is 1. The van der Waals surface area contributed by atoms with Crippen LogP contribution in [-0.4, -0.2) is 98.0 Å². The molecular formula is C21H27N5O4S2. The van der Waals surface area contributed by atoms with Crippen LogP contribution in [0.15, 0.2) is 41.8 Å². The summed E-state index contributed by atoms with van der Waals surface area (Å²) in [7, 11) is -1.51. The van der Waals surface area contributed by atoms with Crippen molar-refractivity contribution < 1.29 is 18.0 Å². The number of carbonyl (C=O) groups excluding carboxylic acids is 2. The molecule has 1 aromatic carbocycles. The molecule has 2 aliphatic rings. The summed E-state index contributed by atoms with van der Waals surface area (Å²) in [5.41, 5.74) is 1.12. The minimum atomic E-state index is -3.50. The highest BCUT2D eigenvalue weighted by Gasteiger charge is 2.34. The van der Waals surface area contributed by atoms with Crippen LogP contribution in [0.4, 0.5) is 5.69 Å². The first-order valence-corrected chi connectivity index (χ1v) is 12.8. The summed E-state index contributed by atoms with van der Waals surface area (Å²) < 4.78 is 28.8. The number of piperazine rings is 2. The van der Waals surface area contributed by atoms with Gasteiger partial charge in [0.25, 0.3) is 22.0 Å². The highest BCUT2D eigenvalue weighted by Crippen LogP contribution is 2.18. The molecule has 0 spiro atoms. The lowest BCUT2D eigenvalue weighted by Crippen LogP contribution is -2.57. The number of nitrogens with zero attached hydrogens (tertiary/aromatic N) is 4. The van der Waals surface area contributed by atoms with E-state index in [1.54, 1.807) is 35.2 Å². The Hall–Kier alpha value is -2.31. The van der Waals surface area contributed by atoms with Gasteiger partial charge in [0.2, 0.25) is 0 Å². The molecule has 9 nitrogen and oxygen atoms in total. The van der Waals surface area contributed by atoms with Crippen LogP contribution in [0.2, 0.25) is 0 Å². The van der Waals surface area contributed by atoms with Crippen molar-refractivity contribution in [2.45, 2.75) is 0 Å². The van der Waals surface area contributed by atoms with Crippen molar-refractivity contribution in [2.24, 2.45) is 0 Å². The van der Waals surface area contributed by atoms with E-state index in [0.29, 0.717) is 42.3 Å². The van der Waals surface area contributed by atoms with Gasteiger partial charge in [0, 0.05) is 63.6 Å². The number of benzene rings is 1. The Morgan fingerprint density at radius 1 is 0.875 bits per heavy atom. The summed E-state index contributed by atoms with van der Waals surface area (Å²) in [5.74, 6) is -0.325. The summed E-state index contributed by atoms with van der Waals surface area (Å²) in [5, 5.41) is 4.65. The molecular weight excluding hydrogens is 450 g/mol. The van der Waals surface area contributed by atoms with Crippen molar-refractivity contribution >= 4 is 39.0 Å². The molecule has 0 radical (unpaired) electrons. The summed E-state index contributed by atoms with van der Waals surface area (Å²) in [6.45, 7) is 3.71. The van der Waals surface area contributed by atoms with Crippen LogP contribution in [0.1, 0.15) is 20.0 Å². The van der Waals surface area contributed by atoms with Gasteiger partial charge in [-0.25, -0.2) is 0 Å². The van der Waals surface area contributed by atoms with Crippen molar-refractivity contribution in [2.75, 3.05) is 64.7 Å². The fourth-order valence-corrected chi connectivity index (χ4v) is 5.98. The van der Waals surface area contributed by atoms with E-state index in [1.807, 2.05) is 18.5 Å². The van der Waals surface area contributed by atoms with E-state index in [4.69, 9.17) is 0 Å². The summed E-state index contributed by atoms with van der Waals surface area (Å²) >= 11 is 1.36. The van der Waals surface area contributed by atoms with Crippen molar-refractivity contribution in [3.63, 3.8) is 0 Å². The number of carbonyl (C=O) groups is 2.